The molecule has 0 radical (unpaired) electrons. The molecule has 1 aromatic heterocycles. The second-order valence-corrected chi connectivity index (χ2v) is 6.74. The van der Waals surface area contributed by atoms with Gasteiger partial charge in [0.1, 0.15) is 11.6 Å². The molecule has 2 atom stereocenters. The lowest BCUT2D eigenvalue weighted by atomic mass is 10.00. The maximum atomic E-state index is 12.2. The second-order valence-electron chi connectivity index (χ2n) is 6.74. The topological polar surface area (TPSA) is 84.7 Å². The van der Waals surface area contributed by atoms with Crippen LogP contribution in [0.1, 0.15) is 32.9 Å². The Kier molecular flexibility index (Phi) is 4.44. The highest BCUT2D eigenvalue weighted by atomic mass is 16.6. The van der Waals surface area contributed by atoms with E-state index >= 15 is 0 Å². The third kappa shape index (κ3) is 3.78. The first-order valence-corrected chi connectivity index (χ1v) is 7.36. The molecule has 22 heavy (non-hydrogen) atoms. The molecule has 0 unspecified atom stereocenters. The summed E-state index contributed by atoms with van der Waals surface area (Å²) in [5.41, 5.74) is 0.389. The standard InChI is InChI=1S/C15H23N3O4/c1-15(2,3)22-14(21)18-9-10(8-12(18)13(19)20)7-11-5-6-16-17(11)4/h5-6,10,12H,7-9H2,1-4H3,(H,19,20)/t10-,12-/m0/s1. The number of hydrogen-bond donors (Lipinski definition) is 1. The zero-order valence-electron chi connectivity index (χ0n) is 13.4. The van der Waals surface area contributed by atoms with Gasteiger partial charge >= 0.3 is 12.1 Å². The SMILES string of the molecule is Cn1nccc1C[C@H]1C[C@@H](C(=O)O)N(C(=O)OC(C)(C)C)C1. The number of aliphatic carboxylic acids is 1. The van der Waals surface area contributed by atoms with Gasteiger partial charge in [-0.05, 0) is 45.6 Å². The van der Waals surface area contributed by atoms with Crippen LogP contribution in [0.3, 0.4) is 0 Å². The van der Waals surface area contributed by atoms with Gasteiger partial charge < -0.3 is 9.84 Å². The van der Waals surface area contributed by atoms with E-state index in [1.165, 1.54) is 4.90 Å². The van der Waals surface area contributed by atoms with Crippen LogP contribution in [0.25, 0.3) is 0 Å². The Morgan fingerprint density at radius 3 is 2.64 bits per heavy atom. The van der Waals surface area contributed by atoms with Crippen molar-refractivity contribution in [2.75, 3.05) is 6.54 Å². The number of carbonyl (C=O) groups is 2. The zero-order valence-corrected chi connectivity index (χ0v) is 13.4. The summed E-state index contributed by atoms with van der Waals surface area (Å²) in [4.78, 5) is 25.0. The average Bonchev–Trinajstić information content (AvgIpc) is 2.95. The molecule has 0 aliphatic carbocycles. The van der Waals surface area contributed by atoms with Crippen LogP contribution in [-0.4, -0.2) is 50.0 Å². The molecule has 0 spiro atoms. The van der Waals surface area contributed by atoms with Crippen molar-refractivity contribution in [1.82, 2.24) is 14.7 Å². The number of aryl methyl sites for hydroxylation is 1. The van der Waals surface area contributed by atoms with Gasteiger partial charge in [-0.2, -0.15) is 5.10 Å². The number of aromatic nitrogens is 2. The first-order chi connectivity index (χ1) is 10.2. The molecule has 1 aromatic rings. The first kappa shape index (κ1) is 16.3. The summed E-state index contributed by atoms with van der Waals surface area (Å²) in [6, 6.07) is 1.08. The molecule has 122 valence electrons. The number of hydrogen-bond acceptors (Lipinski definition) is 4. The fraction of sp³-hybridized carbons (Fsp3) is 0.667. The predicted molar refractivity (Wildman–Crippen MR) is 79.4 cm³/mol. The smallest absolute Gasteiger partial charge is 0.411 e. The van der Waals surface area contributed by atoms with Crippen LogP contribution in [0.4, 0.5) is 4.79 Å². The van der Waals surface area contributed by atoms with Gasteiger partial charge in [0.25, 0.3) is 0 Å². The lowest BCUT2D eigenvalue weighted by Crippen LogP contribution is -2.43. The fourth-order valence-electron chi connectivity index (χ4n) is 2.72. The van der Waals surface area contributed by atoms with E-state index in [1.807, 2.05) is 13.1 Å². The Labute approximate surface area is 129 Å². The van der Waals surface area contributed by atoms with E-state index in [0.717, 1.165) is 5.69 Å². The van der Waals surface area contributed by atoms with Gasteiger partial charge in [0.05, 0.1) is 0 Å². The quantitative estimate of drug-likeness (QED) is 0.918. The molecular formula is C15H23N3O4. The Hall–Kier alpha value is -2.05. The monoisotopic (exact) mass is 309 g/mol. The Morgan fingerprint density at radius 1 is 1.45 bits per heavy atom. The van der Waals surface area contributed by atoms with Gasteiger partial charge in [-0.15, -0.1) is 0 Å². The summed E-state index contributed by atoms with van der Waals surface area (Å²) in [6.45, 7) is 5.69. The molecule has 1 aliphatic heterocycles. The van der Waals surface area contributed by atoms with E-state index in [2.05, 4.69) is 5.10 Å². The first-order valence-electron chi connectivity index (χ1n) is 7.36. The van der Waals surface area contributed by atoms with Crippen molar-refractivity contribution in [1.29, 1.82) is 0 Å². The number of likely N-dealkylation sites (tertiary alicyclic amines) is 1. The zero-order chi connectivity index (χ0) is 16.5. The molecular weight excluding hydrogens is 286 g/mol. The number of rotatable bonds is 3. The molecule has 1 aliphatic rings. The summed E-state index contributed by atoms with van der Waals surface area (Å²) >= 11 is 0. The van der Waals surface area contributed by atoms with Crippen LogP contribution in [0.5, 0.6) is 0 Å². The summed E-state index contributed by atoms with van der Waals surface area (Å²) in [5, 5.41) is 13.5. The van der Waals surface area contributed by atoms with Crippen molar-refractivity contribution in [2.24, 2.45) is 13.0 Å². The van der Waals surface area contributed by atoms with Crippen molar-refractivity contribution >= 4 is 12.1 Å². The minimum atomic E-state index is -0.988. The number of carbonyl (C=O) groups excluding carboxylic acids is 1. The van der Waals surface area contributed by atoms with Gasteiger partial charge in [0.15, 0.2) is 0 Å². The lowest BCUT2D eigenvalue weighted by molar-refractivity contribution is -0.142. The lowest BCUT2D eigenvalue weighted by Gasteiger charge is -2.26. The van der Waals surface area contributed by atoms with E-state index < -0.39 is 23.7 Å². The molecule has 0 saturated carbocycles. The highest BCUT2D eigenvalue weighted by Gasteiger charge is 2.41. The van der Waals surface area contributed by atoms with E-state index in [1.54, 1.807) is 31.6 Å². The van der Waals surface area contributed by atoms with Gasteiger partial charge in [-0.1, -0.05) is 0 Å². The van der Waals surface area contributed by atoms with Crippen molar-refractivity contribution in [3.63, 3.8) is 0 Å². The van der Waals surface area contributed by atoms with Gasteiger partial charge in [0.2, 0.25) is 0 Å². The van der Waals surface area contributed by atoms with E-state index in [-0.39, 0.29) is 5.92 Å². The molecule has 2 rings (SSSR count). The van der Waals surface area contributed by atoms with Crippen molar-refractivity contribution in [2.45, 2.75) is 45.3 Å². The molecule has 0 bridgehead atoms. The van der Waals surface area contributed by atoms with E-state index in [0.29, 0.717) is 19.4 Å². The number of carboxylic acid groups (broad SMARTS) is 1. The van der Waals surface area contributed by atoms with Crippen molar-refractivity contribution in [3.05, 3.63) is 18.0 Å². The fourth-order valence-corrected chi connectivity index (χ4v) is 2.72. The van der Waals surface area contributed by atoms with E-state index in [9.17, 15) is 14.7 Å². The van der Waals surface area contributed by atoms with Gasteiger partial charge in [-0.25, -0.2) is 9.59 Å². The summed E-state index contributed by atoms with van der Waals surface area (Å²) in [5.74, 6) is -0.901. The number of carboxylic acids is 1. The molecule has 2 heterocycles. The Bertz CT molecular complexity index is 561. The molecule has 1 amide bonds. The average molecular weight is 309 g/mol. The Balaban J connectivity index is 2.08. The van der Waals surface area contributed by atoms with Crippen molar-refractivity contribution < 1.29 is 19.4 Å². The highest BCUT2D eigenvalue weighted by molar-refractivity contribution is 5.81. The molecule has 7 nitrogen and oxygen atoms in total. The highest BCUT2D eigenvalue weighted by Crippen LogP contribution is 2.28. The largest absolute Gasteiger partial charge is 0.480 e. The van der Waals surface area contributed by atoms with Gasteiger partial charge in [0, 0.05) is 25.5 Å². The molecule has 1 fully saturated rings. The maximum absolute atomic E-state index is 12.2. The minimum Gasteiger partial charge on any atom is -0.480 e. The third-order valence-electron chi connectivity index (χ3n) is 3.72. The summed E-state index contributed by atoms with van der Waals surface area (Å²) in [7, 11) is 1.85. The van der Waals surface area contributed by atoms with Crippen LogP contribution in [0.2, 0.25) is 0 Å². The van der Waals surface area contributed by atoms with Crippen LogP contribution in [-0.2, 0) is 23.0 Å². The van der Waals surface area contributed by atoms with Crippen LogP contribution in [0.15, 0.2) is 12.3 Å². The molecule has 7 heteroatoms. The normalized spacial score (nSPS) is 21.9. The van der Waals surface area contributed by atoms with Gasteiger partial charge in [-0.3, -0.25) is 9.58 Å². The second kappa shape index (κ2) is 5.98. The van der Waals surface area contributed by atoms with Crippen LogP contribution < -0.4 is 0 Å². The number of amides is 1. The molecule has 0 aromatic carbocycles. The predicted octanol–water partition coefficient (Wildman–Crippen LogP) is 1.67. The number of nitrogens with zero attached hydrogens (tertiary/aromatic N) is 3. The van der Waals surface area contributed by atoms with Crippen molar-refractivity contribution in [3.8, 4) is 0 Å². The summed E-state index contributed by atoms with van der Waals surface area (Å²) in [6.07, 6.45) is 2.27. The Morgan fingerprint density at radius 2 is 2.14 bits per heavy atom. The number of ether oxygens (including phenoxy) is 1. The molecule has 1 saturated heterocycles. The molecule has 1 N–H and O–H groups in total. The summed E-state index contributed by atoms with van der Waals surface area (Å²) < 4.78 is 7.09. The van der Waals surface area contributed by atoms with E-state index in [4.69, 9.17) is 4.74 Å². The van der Waals surface area contributed by atoms with Crippen LogP contribution in [0, 0.1) is 5.92 Å². The minimum absolute atomic E-state index is 0.0871. The maximum Gasteiger partial charge on any atom is 0.411 e. The van der Waals surface area contributed by atoms with Crippen LogP contribution >= 0.6 is 0 Å². The third-order valence-corrected chi connectivity index (χ3v) is 3.72.